The second-order valence-corrected chi connectivity index (χ2v) is 12.5. The summed E-state index contributed by atoms with van der Waals surface area (Å²) in [6.07, 6.45) is 8.52. The molecule has 0 unspecified atom stereocenters. The van der Waals surface area contributed by atoms with Crippen molar-refractivity contribution >= 4 is 16.9 Å². The van der Waals surface area contributed by atoms with Gasteiger partial charge in [-0.05, 0) is 99.2 Å². The Morgan fingerprint density at radius 1 is 0.744 bits per heavy atom. The first-order valence-electron chi connectivity index (χ1n) is 16.5. The van der Waals surface area contributed by atoms with Gasteiger partial charge in [0.15, 0.2) is 0 Å². The summed E-state index contributed by atoms with van der Waals surface area (Å²) in [6, 6.07) is 25.6. The third kappa shape index (κ3) is 7.36. The first kappa shape index (κ1) is 29.6. The van der Waals surface area contributed by atoms with Crippen LogP contribution in [0.4, 0.5) is 0 Å². The topological polar surface area (TPSA) is 44.6 Å². The number of unbranched alkanes of at least 4 members (excludes halogenated alkanes) is 1. The minimum absolute atomic E-state index is 0.0882. The maximum Gasteiger partial charge on any atom is 0.254 e. The van der Waals surface area contributed by atoms with E-state index in [1.54, 1.807) is 0 Å². The van der Waals surface area contributed by atoms with Gasteiger partial charge < -0.3 is 9.47 Å². The lowest BCUT2D eigenvalue weighted by Crippen LogP contribution is -2.33. The van der Waals surface area contributed by atoms with Gasteiger partial charge in [-0.15, -0.1) is 0 Å². The molecule has 0 spiro atoms. The lowest BCUT2D eigenvalue weighted by atomic mass is 10.0. The van der Waals surface area contributed by atoms with E-state index in [0.717, 1.165) is 61.4 Å². The van der Waals surface area contributed by atoms with Gasteiger partial charge in [0.05, 0.1) is 17.6 Å². The van der Waals surface area contributed by atoms with Gasteiger partial charge in [0.2, 0.25) is 0 Å². The number of rotatable bonds is 12. The maximum absolute atomic E-state index is 13.9. The molecule has 2 aliphatic rings. The Hall–Kier alpha value is -3.48. The Kier molecular flexibility index (Phi) is 9.86. The van der Waals surface area contributed by atoms with Crippen molar-refractivity contribution in [3.63, 3.8) is 0 Å². The molecule has 2 aliphatic heterocycles. The van der Waals surface area contributed by atoms with E-state index in [1.807, 2.05) is 17.0 Å². The minimum Gasteiger partial charge on any atom is -0.331 e. The van der Waals surface area contributed by atoms with Crippen molar-refractivity contribution in [2.45, 2.75) is 78.0 Å². The Morgan fingerprint density at radius 3 is 2.09 bits per heavy atom. The maximum atomic E-state index is 13.9. The minimum atomic E-state index is 0.0882. The second kappa shape index (κ2) is 14.3. The normalized spacial score (nSPS) is 16.2. The predicted molar refractivity (Wildman–Crippen MR) is 175 cm³/mol. The molecule has 3 aromatic carbocycles. The molecular weight excluding hydrogens is 530 g/mol. The molecule has 2 saturated heterocycles. The molecule has 0 atom stereocenters. The van der Waals surface area contributed by atoms with Gasteiger partial charge in [-0.2, -0.15) is 0 Å². The molecule has 0 N–H and O–H groups in total. The Morgan fingerprint density at radius 2 is 1.37 bits per heavy atom. The highest BCUT2D eigenvalue weighted by Crippen LogP contribution is 2.23. The number of carbonyl (C=O) groups excluding carboxylic acids is 1. The lowest BCUT2D eigenvalue weighted by Gasteiger charge is -2.27. The summed E-state index contributed by atoms with van der Waals surface area (Å²) in [6.45, 7) is 10.8. The molecule has 2 fully saturated rings. The Labute approximate surface area is 257 Å². The molecule has 0 saturated carbocycles. The van der Waals surface area contributed by atoms with E-state index >= 15 is 0 Å². The number of fused-ring (bicyclic) bond motifs is 1. The zero-order chi connectivity index (χ0) is 29.4. The van der Waals surface area contributed by atoms with E-state index in [9.17, 15) is 4.79 Å². The molecule has 3 heterocycles. The zero-order valence-corrected chi connectivity index (χ0v) is 25.9. The van der Waals surface area contributed by atoms with Gasteiger partial charge in [-0.3, -0.25) is 14.6 Å². The van der Waals surface area contributed by atoms with Crippen molar-refractivity contribution in [3.8, 4) is 0 Å². The van der Waals surface area contributed by atoms with Crippen LogP contribution in [0.15, 0.2) is 72.8 Å². The number of amides is 1. The molecule has 6 rings (SSSR count). The van der Waals surface area contributed by atoms with Crippen LogP contribution in [0.5, 0.6) is 0 Å². The number of hydrogen-bond acceptors (Lipinski definition) is 4. The van der Waals surface area contributed by atoms with Gasteiger partial charge >= 0.3 is 0 Å². The van der Waals surface area contributed by atoms with Crippen LogP contribution in [0.25, 0.3) is 11.0 Å². The molecule has 226 valence electrons. The number of nitrogens with zero attached hydrogens (tertiary/aromatic N) is 5. The average Bonchev–Trinajstić information content (AvgIpc) is 3.68. The number of piperidine rings is 1. The SMILES string of the molecule is CCCCN(Cc1nc2ccccc2n1Cc1ccccc1CN1CCCCC1)C(=O)c1ccc(CN2CCCC2)cc1. The molecule has 0 aliphatic carbocycles. The summed E-state index contributed by atoms with van der Waals surface area (Å²) in [5.41, 5.74) is 6.87. The summed E-state index contributed by atoms with van der Waals surface area (Å²) in [5.74, 6) is 1.04. The van der Waals surface area contributed by atoms with Crippen molar-refractivity contribution < 1.29 is 4.79 Å². The fraction of sp³-hybridized carbons (Fsp3) is 0.459. The largest absolute Gasteiger partial charge is 0.331 e. The first-order valence-corrected chi connectivity index (χ1v) is 16.5. The lowest BCUT2D eigenvalue weighted by molar-refractivity contribution is 0.0735. The van der Waals surface area contributed by atoms with Crippen LogP contribution in [0.2, 0.25) is 0 Å². The Bertz CT molecular complexity index is 1480. The first-order chi connectivity index (χ1) is 21.2. The predicted octanol–water partition coefficient (Wildman–Crippen LogP) is 7.11. The summed E-state index contributed by atoms with van der Waals surface area (Å²) in [5, 5.41) is 0. The van der Waals surface area contributed by atoms with Crippen LogP contribution in [-0.2, 0) is 26.2 Å². The molecule has 1 amide bonds. The van der Waals surface area contributed by atoms with Gasteiger partial charge in [-0.1, -0.05) is 68.3 Å². The van der Waals surface area contributed by atoms with Crippen molar-refractivity contribution in [1.29, 1.82) is 0 Å². The smallest absolute Gasteiger partial charge is 0.254 e. The highest BCUT2D eigenvalue weighted by molar-refractivity contribution is 5.94. The monoisotopic (exact) mass is 577 g/mol. The molecule has 4 aromatic rings. The van der Waals surface area contributed by atoms with Crippen molar-refractivity contribution in [3.05, 3.63) is 101 Å². The van der Waals surface area contributed by atoms with Crippen LogP contribution in [-0.4, -0.2) is 62.9 Å². The highest BCUT2D eigenvalue weighted by Gasteiger charge is 2.21. The number of imidazole rings is 1. The number of para-hydroxylation sites is 2. The molecular formula is C37H47N5O. The van der Waals surface area contributed by atoms with Crippen LogP contribution in [0, 0.1) is 0 Å². The molecule has 0 radical (unpaired) electrons. The van der Waals surface area contributed by atoms with E-state index in [1.165, 1.54) is 75.0 Å². The van der Waals surface area contributed by atoms with Crippen LogP contribution in [0.1, 0.15) is 84.7 Å². The van der Waals surface area contributed by atoms with Crippen LogP contribution >= 0.6 is 0 Å². The Balaban J connectivity index is 1.25. The fourth-order valence-corrected chi connectivity index (χ4v) is 6.72. The van der Waals surface area contributed by atoms with Crippen LogP contribution in [0.3, 0.4) is 0 Å². The summed E-state index contributed by atoms with van der Waals surface area (Å²) >= 11 is 0. The van der Waals surface area contributed by atoms with Crippen molar-refractivity contribution in [1.82, 2.24) is 24.3 Å². The van der Waals surface area contributed by atoms with Crippen molar-refractivity contribution in [2.75, 3.05) is 32.7 Å². The van der Waals surface area contributed by atoms with E-state index in [0.29, 0.717) is 6.54 Å². The number of carbonyl (C=O) groups is 1. The molecule has 6 heteroatoms. The molecule has 6 nitrogen and oxygen atoms in total. The third-order valence-electron chi connectivity index (χ3n) is 9.23. The molecule has 1 aromatic heterocycles. The molecule has 0 bridgehead atoms. The number of hydrogen-bond donors (Lipinski definition) is 0. The number of likely N-dealkylation sites (tertiary alicyclic amines) is 2. The van der Waals surface area contributed by atoms with E-state index in [4.69, 9.17) is 4.98 Å². The fourth-order valence-electron chi connectivity index (χ4n) is 6.72. The average molecular weight is 578 g/mol. The van der Waals surface area contributed by atoms with Gasteiger partial charge in [-0.25, -0.2) is 4.98 Å². The van der Waals surface area contributed by atoms with E-state index < -0.39 is 0 Å². The highest BCUT2D eigenvalue weighted by atomic mass is 16.2. The standard InChI is InChI=1S/C37H47N5O/c1-2-3-25-41(37(43)31-19-17-30(18-20-31)26-39-23-11-12-24-39)29-36-38-34-15-7-8-16-35(34)42(36)28-33-14-6-5-13-32(33)27-40-21-9-4-10-22-40/h5-8,13-20H,2-4,9-12,21-29H2,1H3. The third-order valence-corrected chi connectivity index (χ3v) is 9.23. The summed E-state index contributed by atoms with van der Waals surface area (Å²) in [4.78, 5) is 26.2. The van der Waals surface area contributed by atoms with Gasteiger partial charge in [0.25, 0.3) is 5.91 Å². The number of benzene rings is 3. The van der Waals surface area contributed by atoms with Gasteiger partial charge in [0, 0.05) is 31.7 Å². The second-order valence-electron chi connectivity index (χ2n) is 12.5. The summed E-state index contributed by atoms with van der Waals surface area (Å²) < 4.78 is 2.34. The quantitative estimate of drug-likeness (QED) is 0.180. The zero-order valence-electron chi connectivity index (χ0n) is 25.9. The van der Waals surface area contributed by atoms with E-state index in [-0.39, 0.29) is 5.91 Å². The van der Waals surface area contributed by atoms with Gasteiger partial charge in [0.1, 0.15) is 5.82 Å². The molecule has 43 heavy (non-hydrogen) atoms. The van der Waals surface area contributed by atoms with E-state index in [2.05, 4.69) is 82.0 Å². The van der Waals surface area contributed by atoms with Crippen LogP contribution < -0.4 is 0 Å². The number of aromatic nitrogens is 2. The van der Waals surface area contributed by atoms with Crippen molar-refractivity contribution in [2.24, 2.45) is 0 Å². The summed E-state index contributed by atoms with van der Waals surface area (Å²) in [7, 11) is 0.